The Morgan fingerprint density at radius 1 is 1.10 bits per heavy atom. The smallest absolute Gasteiger partial charge is 0.329 e. The molecule has 1 aromatic carbocycles. The Balaban J connectivity index is 1.40. The van der Waals surface area contributed by atoms with E-state index in [9.17, 15) is 14.4 Å². The van der Waals surface area contributed by atoms with Crippen LogP contribution in [-0.4, -0.2) is 52.9 Å². The van der Waals surface area contributed by atoms with Crippen LogP contribution in [0.3, 0.4) is 0 Å². The lowest BCUT2D eigenvalue weighted by atomic mass is 9.94. The molecular formula is C30H33Cl2N7O3. The second kappa shape index (κ2) is 11.3. The Morgan fingerprint density at radius 3 is 2.50 bits per heavy atom. The van der Waals surface area contributed by atoms with Gasteiger partial charge in [-0.05, 0) is 67.7 Å². The highest BCUT2D eigenvalue weighted by Crippen LogP contribution is 2.45. The highest BCUT2D eigenvalue weighted by atomic mass is 35.5. The molecule has 42 heavy (non-hydrogen) atoms. The number of H-pyrrole nitrogens is 1. The van der Waals surface area contributed by atoms with Gasteiger partial charge in [0.2, 0.25) is 0 Å². The van der Waals surface area contributed by atoms with Crippen LogP contribution in [-0.2, 0) is 13.1 Å². The van der Waals surface area contributed by atoms with Crippen molar-refractivity contribution in [1.29, 1.82) is 0 Å². The Bertz CT molecular complexity index is 1770. The number of hydrogen-bond acceptors (Lipinski definition) is 6. The minimum Gasteiger partial charge on any atom is -0.333 e. The number of halogens is 2. The van der Waals surface area contributed by atoms with Crippen LogP contribution in [0.25, 0.3) is 22.3 Å². The fourth-order valence-corrected chi connectivity index (χ4v) is 6.72. The van der Waals surface area contributed by atoms with Crippen molar-refractivity contribution in [3.8, 4) is 11.3 Å². The third kappa shape index (κ3) is 5.38. The number of nitrogens with zero attached hydrogens (tertiary/aromatic N) is 6. The van der Waals surface area contributed by atoms with Gasteiger partial charge in [-0.3, -0.25) is 19.1 Å². The third-order valence-electron chi connectivity index (χ3n) is 8.40. The number of carbonyl (C=O) groups is 1. The number of hydrogen-bond donors (Lipinski definition) is 1. The summed E-state index contributed by atoms with van der Waals surface area (Å²) in [5.41, 5.74) is 1.50. The fraction of sp³-hybridized carbons (Fsp3) is 0.467. The maximum atomic E-state index is 14.4. The molecule has 10 nitrogen and oxygen atoms in total. The normalized spacial score (nSPS) is 18.9. The first-order chi connectivity index (χ1) is 20.1. The van der Waals surface area contributed by atoms with Crippen LogP contribution in [0.2, 0.25) is 10.0 Å². The average Bonchev–Trinajstić information content (AvgIpc) is 3.53. The summed E-state index contributed by atoms with van der Waals surface area (Å²) in [6.45, 7) is 7.33. The summed E-state index contributed by atoms with van der Waals surface area (Å²) >= 11 is 12.4. The van der Waals surface area contributed by atoms with Crippen LogP contribution in [0.15, 0.2) is 40.1 Å². The summed E-state index contributed by atoms with van der Waals surface area (Å²) in [5.74, 6) is 0.636. The van der Waals surface area contributed by atoms with Crippen molar-refractivity contribution in [1.82, 2.24) is 34.4 Å². The summed E-state index contributed by atoms with van der Waals surface area (Å²) in [6.07, 6.45) is 5.69. The molecule has 1 saturated heterocycles. The van der Waals surface area contributed by atoms with Gasteiger partial charge in [-0.1, -0.05) is 49.2 Å². The minimum absolute atomic E-state index is 0.00688. The second-order valence-corrected chi connectivity index (χ2v) is 12.6. The number of pyridine rings is 1. The van der Waals surface area contributed by atoms with Crippen molar-refractivity contribution in [3.05, 3.63) is 72.6 Å². The highest BCUT2D eigenvalue weighted by molar-refractivity contribution is 6.35. The van der Waals surface area contributed by atoms with Gasteiger partial charge in [-0.25, -0.2) is 14.5 Å². The highest BCUT2D eigenvalue weighted by Gasteiger charge is 2.45. The fourth-order valence-electron chi connectivity index (χ4n) is 6.19. The van der Waals surface area contributed by atoms with Crippen molar-refractivity contribution in [2.24, 2.45) is 11.8 Å². The number of likely N-dealkylation sites (tertiary alicyclic amines) is 1. The lowest BCUT2D eigenvalue weighted by Crippen LogP contribution is -2.42. The van der Waals surface area contributed by atoms with Crippen molar-refractivity contribution < 1.29 is 4.79 Å². The molecule has 0 spiro atoms. The molecule has 0 radical (unpaired) electrons. The molecule has 1 aliphatic heterocycles. The van der Waals surface area contributed by atoms with Gasteiger partial charge < -0.3 is 4.90 Å². The standard InChI is InChI=1S/C30H33Cl2N7O3/c1-4-8-39-27-26(28(40)34-30(39)42)22(13-23(33-27)16(2)3)29(41)38-9-7-21(17-5-6-17)25(38)15-37-14-24(35-36-37)18-10-19(31)12-20(32)11-18/h10-14,16-17,21,25H,4-9,15H2,1-3H3,(H,34,40,42). The van der Waals surface area contributed by atoms with Crippen LogP contribution in [0.1, 0.15) is 68.4 Å². The molecular weight excluding hydrogens is 577 g/mol. The molecule has 0 bridgehead atoms. The Kier molecular flexibility index (Phi) is 7.70. The van der Waals surface area contributed by atoms with Crippen LogP contribution in [0, 0.1) is 11.8 Å². The summed E-state index contributed by atoms with van der Waals surface area (Å²) < 4.78 is 3.23. The predicted molar refractivity (Wildman–Crippen MR) is 162 cm³/mol. The monoisotopic (exact) mass is 609 g/mol. The van der Waals surface area contributed by atoms with Gasteiger partial charge in [-0.2, -0.15) is 0 Å². The maximum absolute atomic E-state index is 14.4. The van der Waals surface area contributed by atoms with Gasteiger partial charge in [0.25, 0.3) is 11.5 Å². The van der Waals surface area contributed by atoms with E-state index < -0.39 is 11.2 Å². The van der Waals surface area contributed by atoms with Gasteiger partial charge >= 0.3 is 5.69 Å². The lowest BCUT2D eigenvalue weighted by Gasteiger charge is -2.29. The molecule has 2 atom stereocenters. The van der Waals surface area contributed by atoms with Gasteiger partial charge in [0.15, 0.2) is 5.65 Å². The van der Waals surface area contributed by atoms with E-state index in [1.54, 1.807) is 28.9 Å². The molecule has 6 rings (SSSR count). The van der Waals surface area contributed by atoms with E-state index in [4.69, 9.17) is 28.2 Å². The predicted octanol–water partition coefficient (Wildman–Crippen LogP) is 5.12. The van der Waals surface area contributed by atoms with E-state index >= 15 is 0 Å². The largest absolute Gasteiger partial charge is 0.333 e. The summed E-state index contributed by atoms with van der Waals surface area (Å²) in [6, 6.07) is 6.84. The van der Waals surface area contributed by atoms with Crippen molar-refractivity contribution >= 4 is 40.1 Å². The molecule has 4 heterocycles. The van der Waals surface area contributed by atoms with Crippen molar-refractivity contribution in [2.75, 3.05) is 6.54 Å². The van der Waals surface area contributed by atoms with E-state index in [2.05, 4.69) is 15.3 Å². The average molecular weight is 611 g/mol. The first-order valence-corrected chi connectivity index (χ1v) is 15.3. The van der Waals surface area contributed by atoms with E-state index in [1.807, 2.05) is 31.9 Å². The quantitative estimate of drug-likeness (QED) is 0.296. The van der Waals surface area contributed by atoms with Crippen molar-refractivity contribution in [3.63, 3.8) is 0 Å². The molecule has 1 amide bonds. The Labute approximate surface area is 252 Å². The zero-order valence-corrected chi connectivity index (χ0v) is 25.3. The van der Waals surface area contributed by atoms with Crippen LogP contribution in [0.4, 0.5) is 0 Å². The number of amides is 1. The summed E-state index contributed by atoms with van der Waals surface area (Å²) in [5, 5.41) is 9.91. The molecule has 2 unspecified atom stereocenters. The summed E-state index contributed by atoms with van der Waals surface area (Å²) in [7, 11) is 0. The van der Waals surface area contributed by atoms with Gasteiger partial charge in [0.05, 0.1) is 29.7 Å². The maximum Gasteiger partial charge on any atom is 0.329 e. The number of fused-ring (bicyclic) bond motifs is 1. The Hall–Kier alpha value is -3.50. The van der Waals surface area contributed by atoms with E-state index in [1.165, 1.54) is 4.57 Å². The van der Waals surface area contributed by atoms with Crippen LogP contribution < -0.4 is 11.2 Å². The van der Waals surface area contributed by atoms with Gasteiger partial charge in [-0.15, -0.1) is 5.10 Å². The molecule has 1 N–H and O–H groups in total. The van der Waals surface area contributed by atoms with E-state index in [0.29, 0.717) is 59.3 Å². The third-order valence-corrected chi connectivity index (χ3v) is 8.83. The zero-order valence-electron chi connectivity index (χ0n) is 23.8. The zero-order chi connectivity index (χ0) is 29.7. The minimum atomic E-state index is -0.593. The molecule has 2 fully saturated rings. The number of benzene rings is 1. The molecule has 1 aliphatic carbocycles. The molecule has 3 aromatic heterocycles. The van der Waals surface area contributed by atoms with Gasteiger partial charge in [0, 0.05) is 34.4 Å². The lowest BCUT2D eigenvalue weighted by molar-refractivity contribution is 0.0694. The van der Waals surface area contributed by atoms with E-state index in [-0.39, 0.29) is 34.5 Å². The number of carbonyl (C=O) groups excluding carboxylic acids is 1. The number of aromatic nitrogens is 6. The first-order valence-electron chi connectivity index (χ1n) is 14.5. The van der Waals surface area contributed by atoms with Crippen LogP contribution in [0.5, 0.6) is 0 Å². The van der Waals surface area contributed by atoms with E-state index in [0.717, 1.165) is 24.8 Å². The number of rotatable bonds is 8. The van der Waals surface area contributed by atoms with Crippen LogP contribution >= 0.6 is 23.2 Å². The number of aromatic amines is 1. The number of aryl methyl sites for hydroxylation is 1. The molecule has 2 aliphatic rings. The SMILES string of the molecule is CCCn1c(=O)[nH]c(=O)c2c(C(=O)N3CCC(C4CC4)C3Cn3cc(-c4cc(Cl)cc(Cl)c4)nn3)cc(C(C)C)nc21. The second-order valence-electron chi connectivity index (χ2n) is 11.7. The number of nitrogens with one attached hydrogen (secondary N) is 1. The molecule has 1 saturated carbocycles. The molecule has 12 heteroatoms. The van der Waals surface area contributed by atoms with Crippen molar-refractivity contribution in [2.45, 2.75) is 71.5 Å². The summed E-state index contributed by atoms with van der Waals surface area (Å²) in [4.78, 5) is 49.3. The Morgan fingerprint density at radius 2 is 1.83 bits per heavy atom. The first kappa shape index (κ1) is 28.6. The molecule has 220 valence electrons. The topological polar surface area (TPSA) is 119 Å². The molecule has 4 aromatic rings. The van der Waals surface area contributed by atoms with Gasteiger partial charge in [0.1, 0.15) is 5.69 Å².